The van der Waals surface area contributed by atoms with Gasteiger partial charge < -0.3 is 19.9 Å². The van der Waals surface area contributed by atoms with E-state index in [1.165, 1.54) is 6.92 Å². The lowest BCUT2D eigenvalue weighted by molar-refractivity contribution is -0.130. The second-order valence-corrected chi connectivity index (χ2v) is 7.42. The summed E-state index contributed by atoms with van der Waals surface area (Å²) in [5.74, 6) is -6.93. The largest absolute Gasteiger partial charge is 0.449 e. The molecule has 1 unspecified atom stereocenters. The quantitative estimate of drug-likeness (QED) is 0.515. The van der Waals surface area contributed by atoms with E-state index in [0.29, 0.717) is 17.7 Å². The van der Waals surface area contributed by atoms with Crippen molar-refractivity contribution in [1.29, 1.82) is 0 Å². The Labute approximate surface area is 176 Å². The van der Waals surface area contributed by atoms with Gasteiger partial charge in [0.05, 0.1) is 17.8 Å². The monoisotopic (exact) mass is 437 g/mol. The molecule has 2 N–H and O–H groups in total. The lowest BCUT2D eigenvalue weighted by atomic mass is 10.2. The fourth-order valence-corrected chi connectivity index (χ4v) is 3.28. The molecule has 1 aromatic carbocycles. The number of anilines is 1. The lowest BCUT2D eigenvalue weighted by Crippen LogP contribution is -2.40. The molecule has 2 amide bonds. The number of ether oxygens (including phenoxy) is 1. The Balaban J connectivity index is 1.53. The van der Waals surface area contributed by atoms with Gasteiger partial charge in [0.25, 0.3) is 5.91 Å². The van der Waals surface area contributed by atoms with Crippen molar-refractivity contribution in [2.75, 3.05) is 11.9 Å². The minimum Gasteiger partial charge on any atom is -0.449 e. The summed E-state index contributed by atoms with van der Waals surface area (Å²) in [6, 6.07) is 3.62. The van der Waals surface area contributed by atoms with Gasteiger partial charge in [-0.15, -0.1) is 0 Å². The number of aryl methyl sites for hydroxylation is 1. The molecule has 166 valence electrons. The molecule has 0 radical (unpaired) electrons. The van der Waals surface area contributed by atoms with Crippen LogP contribution in [0.25, 0.3) is 0 Å². The second-order valence-electron chi connectivity index (χ2n) is 7.42. The highest BCUT2D eigenvalue weighted by Gasteiger charge is 2.29. The third kappa shape index (κ3) is 4.89. The minimum absolute atomic E-state index is 0.371. The molecule has 7 nitrogen and oxygen atoms in total. The third-order valence-electron chi connectivity index (χ3n) is 5.00. The van der Waals surface area contributed by atoms with Crippen LogP contribution in [0.1, 0.15) is 47.6 Å². The van der Waals surface area contributed by atoms with Crippen molar-refractivity contribution in [2.45, 2.75) is 45.8 Å². The van der Waals surface area contributed by atoms with Crippen molar-refractivity contribution < 1.29 is 32.3 Å². The molecule has 0 spiro atoms. The maximum atomic E-state index is 13.6. The Morgan fingerprint density at radius 2 is 1.84 bits per heavy atom. The molecule has 1 fully saturated rings. The second kappa shape index (κ2) is 8.83. The number of hydrogen-bond donors (Lipinski definition) is 2. The first kappa shape index (κ1) is 22.4. The van der Waals surface area contributed by atoms with E-state index in [9.17, 15) is 27.6 Å². The van der Waals surface area contributed by atoms with Crippen LogP contribution in [0.5, 0.6) is 0 Å². The predicted octanol–water partition coefficient (Wildman–Crippen LogP) is 3.16. The Morgan fingerprint density at radius 3 is 2.48 bits per heavy atom. The summed E-state index contributed by atoms with van der Waals surface area (Å²) in [6.07, 6.45) is 0.921. The van der Waals surface area contributed by atoms with E-state index in [0.717, 1.165) is 30.3 Å². The van der Waals surface area contributed by atoms with Crippen molar-refractivity contribution in [1.82, 2.24) is 9.88 Å². The van der Waals surface area contributed by atoms with Crippen LogP contribution in [0, 0.1) is 31.3 Å². The summed E-state index contributed by atoms with van der Waals surface area (Å²) in [6.45, 7) is 4.47. The summed E-state index contributed by atoms with van der Waals surface area (Å²) in [7, 11) is 0. The minimum atomic E-state index is -1.72. The molecular weight excluding hydrogens is 415 g/mol. The number of aromatic nitrogens is 1. The van der Waals surface area contributed by atoms with E-state index in [-0.39, 0.29) is 0 Å². The molecular formula is C21H22F3N3O4. The van der Waals surface area contributed by atoms with Crippen molar-refractivity contribution >= 4 is 23.5 Å². The number of carbonyl (C=O) groups is 3. The number of halogens is 3. The summed E-state index contributed by atoms with van der Waals surface area (Å²) in [4.78, 5) is 36.5. The van der Waals surface area contributed by atoms with Crippen LogP contribution in [0.4, 0.5) is 18.9 Å². The van der Waals surface area contributed by atoms with Crippen LogP contribution >= 0.6 is 0 Å². The average Bonchev–Trinajstić information content (AvgIpc) is 3.50. The van der Waals surface area contributed by atoms with E-state index in [1.807, 2.05) is 19.2 Å². The first-order chi connectivity index (χ1) is 14.6. The molecule has 31 heavy (non-hydrogen) atoms. The maximum absolute atomic E-state index is 13.6. The molecule has 0 bridgehead atoms. The van der Waals surface area contributed by atoms with E-state index in [4.69, 9.17) is 4.74 Å². The number of hydrogen-bond acceptors (Lipinski definition) is 4. The normalized spacial score (nSPS) is 14.1. The first-order valence-electron chi connectivity index (χ1n) is 9.70. The molecule has 1 heterocycles. The summed E-state index contributed by atoms with van der Waals surface area (Å²) in [5, 5.41) is 4.27. The van der Waals surface area contributed by atoms with Crippen LogP contribution in [-0.4, -0.2) is 35.0 Å². The molecule has 10 heteroatoms. The van der Waals surface area contributed by atoms with E-state index >= 15 is 0 Å². The Hall–Kier alpha value is -3.30. The Bertz CT molecular complexity index is 1050. The van der Waals surface area contributed by atoms with E-state index in [1.54, 1.807) is 6.07 Å². The van der Waals surface area contributed by atoms with E-state index < -0.39 is 53.6 Å². The van der Waals surface area contributed by atoms with Crippen molar-refractivity contribution in [3.63, 3.8) is 0 Å². The van der Waals surface area contributed by atoms with Gasteiger partial charge >= 0.3 is 5.97 Å². The standard InChI is InChI=1S/C21H22F3N3O4/c1-10-8-14(11(2)27(10)13-4-5-13)21(30)31-12(3)20(29)25-9-17(28)26-16-7-6-15(22)18(23)19(16)24/h6-8,12-13H,4-5,9H2,1-3H3,(H,25,29)(H,26,28). The predicted molar refractivity (Wildman–Crippen MR) is 105 cm³/mol. The number of nitrogens with zero attached hydrogens (tertiary/aromatic N) is 1. The Morgan fingerprint density at radius 1 is 1.16 bits per heavy atom. The highest BCUT2D eigenvalue weighted by atomic mass is 19.2. The summed E-state index contributed by atoms with van der Waals surface area (Å²) >= 11 is 0. The molecule has 0 aliphatic heterocycles. The zero-order chi connectivity index (χ0) is 22.9. The van der Waals surface area contributed by atoms with Gasteiger partial charge in [0.2, 0.25) is 5.91 Å². The highest BCUT2D eigenvalue weighted by Crippen LogP contribution is 2.38. The van der Waals surface area contributed by atoms with Crippen LogP contribution in [0.3, 0.4) is 0 Å². The zero-order valence-electron chi connectivity index (χ0n) is 17.2. The molecule has 3 rings (SSSR count). The molecule has 1 aliphatic carbocycles. The maximum Gasteiger partial charge on any atom is 0.340 e. The fraction of sp³-hybridized carbons (Fsp3) is 0.381. The van der Waals surface area contributed by atoms with Gasteiger partial charge in [0.1, 0.15) is 0 Å². The smallest absolute Gasteiger partial charge is 0.340 e. The van der Waals surface area contributed by atoms with Gasteiger partial charge in [-0.1, -0.05) is 0 Å². The van der Waals surface area contributed by atoms with Gasteiger partial charge in [-0.05, 0) is 51.8 Å². The molecule has 1 atom stereocenters. The molecule has 1 saturated carbocycles. The lowest BCUT2D eigenvalue weighted by Gasteiger charge is -2.14. The van der Waals surface area contributed by atoms with Gasteiger partial charge in [-0.3, -0.25) is 9.59 Å². The Kier molecular flexibility index (Phi) is 6.37. The number of benzene rings is 1. The number of esters is 1. The molecule has 0 saturated heterocycles. The summed E-state index contributed by atoms with van der Waals surface area (Å²) in [5.41, 5.74) is 1.51. The van der Waals surface area contributed by atoms with Crippen molar-refractivity contribution in [3.05, 3.63) is 52.6 Å². The van der Waals surface area contributed by atoms with Crippen LogP contribution < -0.4 is 10.6 Å². The zero-order valence-corrected chi connectivity index (χ0v) is 17.2. The molecule has 1 aromatic heterocycles. The van der Waals surface area contributed by atoms with Gasteiger partial charge in [0, 0.05) is 17.4 Å². The van der Waals surface area contributed by atoms with Gasteiger partial charge in [-0.2, -0.15) is 0 Å². The number of amides is 2. The molecule has 1 aliphatic rings. The first-order valence-corrected chi connectivity index (χ1v) is 9.70. The molecule has 2 aromatic rings. The van der Waals surface area contributed by atoms with Crippen LogP contribution in [-0.2, 0) is 14.3 Å². The topological polar surface area (TPSA) is 89.4 Å². The van der Waals surface area contributed by atoms with Crippen LogP contribution in [0.2, 0.25) is 0 Å². The van der Waals surface area contributed by atoms with E-state index in [2.05, 4.69) is 9.88 Å². The van der Waals surface area contributed by atoms with Crippen molar-refractivity contribution in [2.24, 2.45) is 0 Å². The number of nitrogens with one attached hydrogen (secondary N) is 2. The third-order valence-corrected chi connectivity index (χ3v) is 5.00. The fourth-order valence-electron chi connectivity index (χ4n) is 3.28. The van der Waals surface area contributed by atoms with Gasteiger partial charge in [0.15, 0.2) is 23.6 Å². The van der Waals surface area contributed by atoms with Crippen LogP contribution in [0.15, 0.2) is 18.2 Å². The average molecular weight is 437 g/mol. The van der Waals surface area contributed by atoms with Crippen molar-refractivity contribution in [3.8, 4) is 0 Å². The number of carbonyl (C=O) groups excluding carboxylic acids is 3. The SMILES string of the molecule is Cc1cc(C(=O)OC(C)C(=O)NCC(=O)Nc2ccc(F)c(F)c2F)c(C)n1C1CC1. The summed E-state index contributed by atoms with van der Waals surface area (Å²) < 4.78 is 47.0. The number of rotatable bonds is 7. The highest BCUT2D eigenvalue weighted by molar-refractivity contribution is 5.96. The van der Waals surface area contributed by atoms with Gasteiger partial charge in [-0.25, -0.2) is 18.0 Å².